The smallest absolute Gasteiger partial charge is 0.322 e. The summed E-state index contributed by atoms with van der Waals surface area (Å²) in [6.07, 6.45) is 0. The van der Waals surface area contributed by atoms with E-state index >= 15 is 0 Å². The summed E-state index contributed by atoms with van der Waals surface area (Å²) < 4.78 is 20.8. The van der Waals surface area contributed by atoms with Crippen molar-refractivity contribution >= 4 is 5.97 Å². The molecule has 8 heteroatoms. The summed E-state index contributed by atoms with van der Waals surface area (Å²) in [5.74, 6) is 1.26. The van der Waals surface area contributed by atoms with Gasteiger partial charge in [-0.25, -0.2) is 4.39 Å². The lowest BCUT2D eigenvalue weighted by Crippen LogP contribution is -2.47. The van der Waals surface area contributed by atoms with E-state index in [-0.39, 0.29) is 5.82 Å². The Bertz CT molecular complexity index is 1000. The number of carboxylic acids is 1. The first-order valence-corrected chi connectivity index (χ1v) is 8.87. The molecule has 0 fully saturated rings. The number of fused-ring (bicyclic) bond motifs is 1. The van der Waals surface area contributed by atoms with Gasteiger partial charge in [0.15, 0.2) is 0 Å². The van der Waals surface area contributed by atoms with Crippen LogP contribution in [0.2, 0.25) is 0 Å². The van der Waals surface area contributed by atoms with Crippen LogP contribution in [0.3, 0.4) is 0 Å². The summed E-state index contributed by atoms with van der Waals surface area (Å²) in [5.41, 5.74) is 0.947. The molecule has 0 saturated carbocycles. The number of aliphatic carboxylic acids is 1. The first-order chi connectivity index (χ1) is 13.5. The fourth-order valence-electron chi connectivity index (χ4n) is 3.32. The minimum Gasteiger partial charge on any atom is -0.480 e. The molecule has 2 heterocycles. The predicted octanol–water partition coefficient (Wildman–Crippen LogP) is 2.99. The number of rotatable bonds is 5. The molecule has 0 bridgehead atoms. The van der Waals surface area contributed by atoms with E-state index in [0.29, 0.717) is 31.1 Å². The molecule has 4 rings (SSSR count). The van der Waals surface area contributed by atoms with Crippen molar-refractivity contribution in [3.05, 3.63) is 71.6 Å². The lowest BCUT2D eigenvalue weighted by atomic mass is 10.1. The largest absolute Gasteiger partial charge is 0.480 e. The number of carbonyl (C=O) groups is 1. The average Bonchev–Trinajstić information content (AvgIpc) is 3.03. The summed E-state index contributed by atoms with van der Waals surface area (Å²) in [4.78, 5) is 13.6. The SMILES string of the molecule is Cc1nnc2n1CC(C(=O)O)N(Cc1ccc(Oc3cccc(F)c3)cc1)C2. The number of nitrogens with zero attached hydrogens (tertiary/aromatic N) is 4. The van der Waals surface area contributed by atoms with E-state index in [1.807, 2.05) is 28.5 Å². The Hall–Kier alpha value is -3.26. The number of benzene rings is 2. The van der Waals surface area contributed by atoms with Crippen LogP contribution in [0.15, 0.2) is 48.5 Å². The average molecular weight is 382 g/mol. The van der Waals surface area contributed by atoms with Crippen molar-refractivity contribution in [2.24, 2.45) is 0 Å². The molecule has 1 unspecified atom stereocenters. The first-order valence-electron chi connectivity index (χ1n) is 8.87. The summed E-state index contributed by atoms with van der Waals surface area (Å²) in [5, 5.41) is 17.8. The third-order valence-corrected chi connectivity index (χ3v) is 4.78. The molecule has 0 spiro atoms. The predicted molar refractivity (Wildman–Crippen MR) is 98.3 cm³/mol. The number of aryl methyl sites for hydroxylation is 1. The van der Waals surface area contributed by atoms with Crippen molar-refractivity contribution in [1.29, 1.82) is 0 Å². The molecule has 2 aromatic carbocycles. The molecule has 1 aliphatic heterocycles. The minimum absolute atomic E-state index is 0.324. The highest BCUT2D eigenvalue weighted by molar-refractivity contribution is 5.73. The lowest BCUT2D eigenvalue weighted by molar-refractivity contribution is -0.145. The number of carboxylic acid groups (broad SMARTS) is 1. The molecule has 144 valence electrons. The zero-order valence-corrected chi connectivity index (χ0v) is 15.2. The van der Waals surface area contributed by atoms with Crippen LogP contribution in [0.4, 0.5) is 4.39 Å². The van der Waals surface area contributed by atoms with Crippen molar-refractivity contribution in [2.75, 3.05) is 0 Å². The second-order valence-corrected chi connectivity index (χ2v) is 6.74. The number of ether oxygens (including phenoxy) is 1. The molecule has 0 aliphatic carbocycles. The van der Waals surface area contributed by atoms with Crippen molar-refractivity contribution in [3.63, 3.8) is 0 Å². The highest BCUT2D eigenvalue weighted by atomic mass is 19.1. The maximum absolute atomic E-state index is 13.3. The van der Waals surface area contributed by atoms with Gasteiger partial charge < -0.3 is 14.4 Å². The van der Waals surface area contributed by atoms with E-state index in [4.69, 9.17) is 4.74 Å². The van der Waals surface area contributed by atoms with Crippen LogP contribution in [-0.4, -0.2) is 36.8 Å². The fourth-order valence-corrected chi connectivity index (χ4v) is 3.32. The fraction of sp³-hybridized carbons (Fsp3) is 0.250. The molecule has 3 aromatic rings. The quantitative estimate of drug-likeness (QED) is 0.731. The van der Waals surface area contributed by atoms with Gasteiger partial charge >= 0.3 is 5.97 Å². The summed E-state index contributed by atoms with van der Waals surface area (Å²) in [6, 6.07) is 12.6. The molecule has 0 saturated heterocycles. The highest BCUT2D eigenvalue weighted by Gasteiger charge is 2.33. The van der Waals surface area contributed by atoms with Gasteiger partial charge in [-0.05, 0) is 36.8 Å². The van der Waals surface area contributed by atoms with Gasteiger partial charge in [0.05, 0.1) is 13.1 Å². The Morgan fingerprint density at radius 2 is 2.00 bits per heavy atom. The van der Waals surface area contributed by atoms with Crippen LogP contribution in [0.5, 0.6) is 11.5 Å². The van der Waals surface area contributed by atoms with Gasteiger partial charge in [0.2, 0.25) is 0 Å². The zero-order valence-electron chi connectivity index (χ0n) is 15.2. The minimum atomic E-state index is -0.871. The van der Waals surface area contributed by atoms with Gasteiger partial charge in [-0.2, -0.15) is 0 Å². The zero-order chi connectivity index (χ0) is 19.7. The second-order valence-electron chi connectivity index (χ2n) is 6.74. The van der Waals surface area contributed by atoms with Crippen molar-refractivity contribution in [2.45, 2.75) is 32.6 Å². The number of hydrogen-bond acceptors (Lipinski definition) is 5. The first kappa shape index (κ1) is 18.1. The Kier molecular flexibility index (Phi) is 4.79. The molecule has 0 radical (unpaired) electrons. The van der Waals surface area contributed by atoms with Crippen LogP contribution in [0.1, 0.15) is 17.2 Å². The van der Waals surface area contributed by atoms with Crippen LogP contribution >= 0.6 is 0 Å². The van der Waals surface area contributed by atoms with Crippen LogP contribution in [0, 0.1) is 12.7 Å². The third kappa shape index (κ3) is 3.72. The third-order valence-electron chi connectivity index (χ3n) is 4.78. The highest BCUT2D eigenvalue weighted by Crippen LogP contribution is 2.24. The standard InChI is InChI=1S/C20H19FN4O3/c1-13-22-23-19-12-24(18(20(26)27)11-25(13)19)10-14-5-7-16(8-6-14)28-17-4-2-3-15(21)9-17/h2-9,18H,10-12H2,1H3,(H,26,27). The molecule has 1 aromatic heterocycles. The molecular formula is C20H19FN4O3. The van der Waals surface area contributed by atoms with Crippen molar-refractivity contribution in [3.8, 4) is 11.5 Å². The number of halogens is 1. The van der Waals surface area contributed by atoms with Gasteiger partial charge in [-0.3, -0.25) is 9.69 Å². The van der Waals surface area contributed by atoms with Gasteiger partial charge in [-0.1, -0.05) is 18.2 Å². The molecule has 28 heavy (non-hydrogen) atoms. The molecule has 1 aliphatic rings. The van der Waals surface area contributed by atoms with Crippen molar-refractivity contribution in [1.82, 2.24) is 19.7 Å². The second kappa shape index (κ2) is 7.40. The maximum atomic E-state index is 13.3. The molecular weight excluding hydrogens is 363 g/mol. The van der Waals surface area contributed by atoms with Crippen LogP contribution in [0.25, 0.3) is 0 Å². The van der Waals surface area contributed by atoms with E-state index in [0.717, 1.165) is 17.2 Å². The maximum Gasteiger partial charge on any atom is 0.322 e. The lowest BCUT2D eigenvalue weighted by Gasteiger charge is -2.33. The molecule has 0 amide bonds. The Labute approximate surface area is 161 Å². The van der Waals surface area contributed by atoms with E-state index in [2.05, 4.69) is 10.2 Å². The van der Waals surface area contributed by atoms with E-state index in [1.54, 1.807) is 24.3 Å². The normalized spacial score (nSPS) is 16.6. The van der Waals surface area contributed by atoms with E-state index in [1.165, 1.54) is 12.1 Å². The Morgan fingerprint density at radius 1 is 1.21 bits per heavy atom. The Balaban J connectivity index is 1.48. The Morgan fingerprint density at radius 3 is 2.71 bits per heavy atom. The van der Waals surface area contributed by atoms with E-state index < -0.39 is 12.0 Å². The van der Waals surface area contributed by atoms with E-state index in [9.17, 15) is 14.3 Å². The monoisotopic (exact) mass is 382 g/mol. The van der Waals surface area contributed by atoms with Crippen LogP contribution in [-0.2, 0) is 24.4 Å². The number of aromatic nitrogens is 3. The van der Waals surface area contributed by atoms with Gasteiger partial charge in [-0.15, -0.1) is 10.2 Å². The van der Waals surface area contributed by atoms with Gasteiger partial charge in [0.25, 0.3) is 0 Å². The molecule has 7 nitrogen and oxygen atoms in total. The summed E-state index contributed by atoms with van der Waals surface area (Å²) in [7, 11) is 0. The topological polar surface area (TPSA) is 80.5 Å². The number of hydrogen-bond donors (Lipinski definition) is 1. The summed E-state index contributed by atoms with van der Waals surface area (Å²) >= 11 is 0. The summed E-state index contributed by atoms with van der Waals surface area (Å²) in [6.45, 7) is 3.02. The van der Waals surface area contributed by atoms with Gasteiger partial charge in [0, 0.05) is 12.6 Å². The molecule has 1 N–H and O–H groups in total. The van der Waals surface area contributed by atoms with Crippen LogP contribution < -0.4 is 4.74 Å². The molecule has 1 atom stereocenters. The van der Waals surface area contributed by atoms with Crippen molar-refractivity contribution < 1.29 is 19.0 Å². The van der Waals surface area contributed by atoms with Gasteiger partial charge in [0.1, 0.15) is 35.0 Å².